The molecule has 5 heteroatoms. The molecular weight excluding hydrogens is 388 g/mol. The molecule has 0 fully saturated rings. The minimum atomic E-state index is 0.487. The highest BCUT2D eigenvalue weighted by atomic mass is 16.5. The first-order chi connectivity index (χ1) is 15.2. The van der Waals surface area contributed by atoms with Crippen LogP contribution in [0.2, 0.25) is 0 Å². The molecule has 1 heterocycles. The van der Waals surface area contributed by atoms with Gasteiger partial charge in [0, 0.05) is 5.56 Å². The summed E-state index contributed by atoms with van der Waals surface area (Å²) in [4.78, 5) is 4.86. The molecule has 0 bridgehead atoms. The topological polar surface area (TPSA) is 45.5 Å². The second-order valence-corrected chi connectivity index (χ2v) is 7.13. The third-order valence-corrected chi connectivity index (χ3v) is 5.18. The lowest BCUT2D eigenvalue weighted by atomic mass is 10.1. The van der Waals surface area contributed by atoms with Crippen LogP contribution in [-0.4, -0.2) is 30.4 Å². The summed E-state index contributed by atoms with van der Waals surface area (Å²) in [5.74, 6) is 3.18. The Morgan fingerprint density at radius 3 is 2.48 bits per heavy atom. The number of fused-ring (bicyclic) bond motifs is 1. The first-order valence-electron chi connectivity index (χ1n) is 10.2. The van der Waals surface area contributed by atoms with Crippen LogP contribution in [0.5, 0.6) is 17.2 Å². The second-order valence-electron chi connectivity index (χ2n) is 7.13. The number of para-hydroxylation sites is 2. The van der Waals surface area contributed by atoms with Gasteiger partial charge in [-0.1, -0.05) is 24.3 Å². The molecule has 0 amide bonds. The molecule has 31 heavy (non-hydrogen) atoms. The fourth-order valence-electron chi connectivity index (χ4n) is 3.63. The first-order valence-corrected chi connectivity index (χ1v) is 10.2. The molecule has 4 aromatic rings. The van der Waals surface area contributed by atoms with Gasteiger partial charge < -0.3 is 18.8 Å². The zero-order valence-corrected chi connectivity index (χ0v) is 17.9. The van der Waals surface area contributed by atoms with Crippen LogP contribution in [0, 0.1) is 0 Å². The maximum Gasteiger partial charge on any atom is 0.161 e. The van der Waals surface area contributed by atoms with Crippen LogP contribution in [0.15, 0.2) is 79.4 Å². The summed E-state index contributed by atoms with van der Waals surface area (Å²) in [6.07, 6.45) is 2.67. The zero-order valence-electron chi connectivity index (χ0n) is 17.9. The summed E-state index contributed by atoms with van der Waals surface area (Å²) in [6, 6.07) is 22.1. The molecule has 0 N–H and O–H groups in total. The number of aromatic nitrogens is 2. The smallest absolute Gasteiger partial charge is 0.161 e. The van der Waals surface area contributed by atoms with E-state index in [0.29, 0.717) is 13.2 Å². The van der Waals surface area contributed by atoms with Crippen molar-refractivity contribution in [1.29, 1.82) is 0 Å². The standard InChI is InChI=1S/C26H26N2O3/c1-4-7-19-10-15-24(25(18-19)30-3)31-17-16-28-23-9-6-5-8-22(23)27-26(28)20-11-13-21(29-2)14-12-20/h4-6,8-15,18H,1,7,16-17H2,2-3H3. The van der Waals surface area contributed by atoms with Crippen molar-refractivity contribution in [3.63, 3.8) is 0 Å². The first kappa shape index (κ1) is 20.5. The normalized spacial score (nSPS) is 10.8. The van der Waals surface area contributed by atoms with Gasteiger partial charge in [-0.3, -0.25) is 0 Å². The van der Waals surface area contributed by atoms with Crippen molar-refractivity contribution in [2.24, 2.45) is 0 Å². The molecule has 0 aliphatic rings. The van der Waals surface area contributed by atoms with Crippen molar-refractivity contribution >= 4 is 11.0 Å². The van der Waals surface area contributed by atoms with Gasteiger partial charge in [0.25, 0.3) is 0 Å². The van der Waals surface area contributed by atoms with Gasteiger partial charge >= 0.3 is 0 Å². The highest BCUT2D eigenvalue weighted by molar-refractivity contribution is 5.80. The van der Waals surface area contributed by atoms with Crippen LogP contribution in [0.3, 0.4) is 0 Å². The Labute approximate surface area is 182 Å². The molecule has 0 unspecified atom stereocenters. The number of ether oxygens (including phenoxy) is 3. The predicted octanol–water partition coefficient (Wildman–Crippen LogP) is 5.53. The van der Waals surface area contributed by atoms with E-state index < -0.39 is 0 Å². The Hall–Kier alpha value is -3.73. The van der Waals surface area contributed by atoms with E-state index in [9.17, 15) is 0 Å². The molecule has 0 radical (unpaired) electrons. The van der Waals surface area contributed by atoms with Gasteiger partial charge in [-0.05, 0) is 60.5 Å². The van der Waals surface area contributed by atoms with E-state index in [1.807, 2.05) is 66.7 Å². The Bertz CT molecular complexity index is 1180. The number of hydrogen-bond acceptors (Lipinski definition) is 4. The van der Waals surface area contributed by atoms with Crippen LogP contribution in [-0.2, 0) is 13.0 Å². The lowest BCUT2D eigenvalue weighted by Crippen LogP contribution is -2.10. The van der Waals surface area contributed by atoms with Crippen LogP contribution >= 0.6 is 0 Å². The molecule has 0 saturated carbocycles. The van der Waals surface area contributed by atoms with Gasteiger partial charge in [-0.25, -0.2) is 4.98 Å². The fourth-order valence-corrected chi connectivity index (χ4v) is 3.63. The van der Waals surface area contributed by atoms with Crippen molar-refractivity contribution in [2.45, 2.75) is 13.0 Å². The van der Waals surface area contributed by atoms with Gasteiger partial charge in [0.1, 0.15) is 18.2 Å². The van der Waals surface area contributed by atoms with E-state index in [1.165, 1.54) is 0 Å². The number of rotatable bonds is 9. The van der Waals surface area contributed by atoms with E-state index >= 15 is 0 Å². The Morgan fingerprint density at radius 2 is 1.74 bits per heavy atom. The van der Waals surface area contributed by atoms with Crippen LogP contribution in [0.4, 0.5) is 0 Å². The van der Waals surface area contributed by atoms with Gasteiger partial charge in [0.05, 0.1) is 31.8 Å². The Kier molecular flexibility index (Phi) is 6.22. The van der Waals surface area contributed by atoms with Gasteiger partial charge in [-0.15, -0.1) is 6.58 Å². The average Bonchev–Trinajstić information content (AvgIpc) is 3.18. The molecule has 5 nitrogen and oxygen atoms in total. The van der Waals surface area contributed by atoms with Gasteiger partial charge in [0.2, 0.25) is 0 Å². The van der Waals surface area contributed by atoms with E-state index in [-0.39, 0.29) is 0 Å². The average molecular weight is 415 g/mol. The predicted molar refractivity (Wildman–Crippen MR) is 124 cm³/mol. The number of nitrogens with zero attached hydrogens (tertiary/aromatic N) is 2. The van der Waals surface area contributed by atoms with E-state index in [2.05, 4.69) is 17.2 Å². The van der Waals surface area contributed by atoms with Crippen molar-refractivity contribution in [3.05, 3.63) is 84.9 Å². The lowest BCUT2D eigenvalue weighted by Gasteiger charge is -2.14. The monoisotopic (exact) mass is 414 g/mol. The molecule has 0 aliphatic heterocycles. The summed E-state index contributed by atoms with van der Waals surface area (Å²) in [7, 11) is 3.32. The fraction of sp³-hybridized carbons (Fsp3) is 0.192. The quantitative estimate of drug-likeness (QED) is 0.338. The summed E-state index contributed by atoms with van der Waals surface area (Å²) in [5.41, 5.74) is 4.20. The molecular formula is C26H26N2O3. The lowest BCUT2D eigenvalue weighted by molar-refractivity contribution is 0.281. The molecule has 158 valence electrons. The Morgan fingerprint density at radius 1 is 0.935 bits per heavy atom. The van der Waals surface area contributed by atoms with Crippen LogP contribution in [0.1, 0.15) is 5.56 Å². The largest absolute Gasteiger partial charge is 0.497 e. The van der Waals surface area contributed by atoms with Gasteiger partial charge in [0.15, 0.2) is 11.5 Å². The molecule has 0 aliphatic carbocycles. The third kappa shape index (κ3) is 4.40. The molecule has 4 rings (SSSR count). The van der Waals surface area contributed by atoms with Crippen molar-refractivity contribution in [1.82, 2.24) is 9.55 Å². The zero-order chi connectivity index (χ0) is 21.6. The summed E-state index contributed by atoms with van der Waals surface area (Å²) in [5, 5.41) is 0. The summed E-state index contributed by atoms with van der Waals surface area (Å²) < 4.78 is 19.1. The van der Waals surface area contributed by atoms with Crippen LogP contribution in [0.25, 0.3) is 22.4 Å². The minimum Gasteiger partial charge on any atom is -0.497 e. The number of methoxy groups -OCH3 is 2. The number of benzene rings is 3. The van der Waals surface area contributed by atoms with E-state index in [0.717, 1.165) is 51.7 Å². The van der Waals surface area contributed by atoms with Gasteiger partial charge in [-0.2, -0.15) is 0 Å². The molecule has 0 spiro atoms. The van der Waals surface area contributed by atoms with E-state index in [1.54, 1.807) is 14.2 Å². The highest BCUT2D eigenvalue weighted by Gasteiger charge is 2.13. The van der Waals surface area contributed by atoms with Crippen molar-refractivity contribution in [3.8, 4) is 28.6 Å². The minimum absolute atomic E-state index is 0.487. The molecule has 0 saturated heterocycles. The molecule has 1 aromatic heterocycles. The highest BCUT2D eigenvalue weighted by Crippen LogP contribution is 2.29. The maximum atomic E-state index is 6.09. The van der Waals surface area contributed by atoms with Crippen molar-refractivity contribution in [2.75, 3.05) is 20.8 Å². The van der Waals surface area contributed by atoms with E-state index in [4.69, 9.17) is 19.2 Å². The third-order valence-electron chi connectivity index (χ3n) is 5.18. The number of imidazole rings is 1. The molecule has 3 aromatic carbocycles. The maximum absolute atomic E-state index is 6.09. The number of allylic oxidation sites excluding steroid dienone is 1. The van der Waals surface area contributed by atoms with Crippen LogP contribution < -0.4 is 14.2 Å². The van der Waals surface area contributed by atoms with Crippen molar-refractivity contribution < 1.29 is 14.2 Å². The molecule has 0 atom stereocenters. The Balaban J connectivity index is 1.59. The SMILES string of the molecule is C=CCc1ccc(OCCn2c(-c3ccc(OC)cc3)nc3ccccc32)c(OC)c1. The summed E-state index contributed by atoms with van der Waals surface area (Å²) in [6.45, 7) is 4.93. The number of hydrogen-bond donors (Lipinski definition) is 0. The second kappa shape index (κ2) is 9.39. The summed E-state index contributed by atoms with van der Waals surface area (Å²) >= 11 is 0.